The third kappa shape index (κ3) is 2.96. The summed E-state index contributed by atoms with van der Waals surface area (Å²) >= 11 is 0. The van der Waals surface area contributed by atoms with Gasteiger partial charge in [0.2, 0.25) is 0 Å². The number of hydrogen-bond donors (Lipinski definition) is 1. The average molecular weight is 298 g/mol. The molecule has 116 valence electrons. The van der Waals surface area contributed by atoms with Crippen LogP contribution in [0, 0.1) is 6.92 Å². The van der Waals surface area contributed by atoms with E-state index in [-0.39, 0.29) is 11.5 Å². The number of benzene rings is 1. The van der Waals surface area contributed by atoms with E-state index in [2.05, 4.69) is 18.8 Å². The van der Waals surface area contributed by atoms with Crippen molar-refractivity contribution in [3.8, 4) is 11.1 Å². The Kier molecular flexibility index (Phi) is 4.50. The van der Waals surface area contributed by atoms with Crippen LogP contribution in [0.1, 0.15) is 41.4 Å². The minimum absolute atomic E-state index is 0.226. The summed E-state index contributed by atoms with van der Waals surface area (Å²) in [5.74, 6) is -0.231. The number of carbonyl (C=O) groups is 1. The first-order valence-electron chi connectivity index (χ1n) is 7.34. The fourth-order valence-electron chi connectivity index (χ4n) is 2.47. The summed E-state index contributed by atoms with van der Waals surface area (Å²) in [4.78, 5) is 18.2. The molecule has 0 bridgehead atoms. The molecule has 0 radical (unpaired) electrons. The highest BCUT2D eigenvalue weighted by atomic mass is 16.4. The van der Waals surface area contributed by atoms with E-state index in [0.29, 0.717) is 5.82 Å². The SMILES string of the molecule is Cc1ccccc1-c1cc(C(C)C)nc(N(C)C)c1C(=O)O. The first-order valence-corrected chi connectivity index (χ1v) is 7.34. The van der Waals surface area contributed by atoms with Crippen LogP contribution in [0.5, 0.6) is 0 Å². The minimum Gasteiger partial charge on any atom is -0.478 e. The molecular weight excluding hydrogens is 276 g/mol. The van der Waals surface area contributed by atoms with Gasteiger partial charge in [0.1, 0.15) is 11.4 Å². The summed E-state index contributed by atoms with van der Waals surface area (Å²) < 4.78 is 0. The molecule has 0 fully saturated rings. The molecular formula is C18H22N2O2. The standard InChI is InChI=1S/C18H22N2O2/c1-11(2)15-10-14(13-9-7-6-8-12(13)3)16(18(21)22)17(19-15)20(4)5/h6-11H,1-5H3,(H,21,22). The first-order chi connectivity index (χ1) is 10.3. The van der Waals surface area contributed by atoms with Crippen LogP contribution in [0.2, 0.25) is 0 Å². The highest BCUT2D eigenvalue weighted by molar-refractivity contribution is 6.01. The third-order valence-corrected chi connectivity index (χ3v) is 3.68. The number of pyridine rings is 1. The van der Waals surface area contributed by atoms with Crippen molar-refractivity contribution in [1.29, 1.82) is 0 Å². The van der Waals surface area contributed by atoms with Crippen LogP contribution < -0.4 is 4.90 Å². The fourth-order valence-corrected chi connectivity index (χ4v) is 2.47. The molecule has 0 aliphatic carbocycles. The van der Waals surface area contributed by atoms with E-state index in [1.54, 1.807) is 4.90 Å². The second kappa shape index (κ2) is 6.18. The van der Waals surface area contributed by atoms with E-state index in [0.717, 1.165) is 22.4 Å². The summed E-state index contributed by atoms with van der Waals surface area (Å²) in [7, 11) is 3.64. The molecule has 0 amide bonds. The molecule has 1 aromatic heterocycles. The number of anilines is 1. The van der Waals surface area contributed by atoms with Crippen LogP contribution in [0.15, 0.2) is 30.3 Å². The van der Waals surface area contributed by atoms with Gasteiger partial charge in [0.25, 0.3) is 0 Å². The zero-order valence-electron chi connectivity index (χ0n) is 13.7. The van der Waals surface area contributed by atoms with Crippen molar-refractivity contribution in [1.82, 2.24) is 4.98 Å². The molecule has 1 heterocycles. The normalized spacial score (nSPS) is 10.8. The molecule has 2 rings (SSSR count). The van der Waals surface area contributed by atoms with Gasteiger partial charge in [0.15, 0.2) is 0 Å². The smallest absolute Gasteiger partial charge is 0.340 e. The van der Waals surface area contributed by atoms with Crippen molar-refractivity contribution in [2.45, 2.75) is 26.7 Å². The quantitative estimate of drug-likeness (QED) is 0.928. The topological polar surface area (TPSA) is 53.4 Å². The van der Waals surface area contributed by atoms with Gasteiger partial charge >= 0.3 is 5.97 Å². The van der Waals surface area contributed by atoms with Crippen molar-refractivity contribution < 1.29 is 9.90 Å². The van der Waals surface area contributed by atoms with Crippen LogP contribution in [0.25, 0.3) is 11.1 Å². The van der Waals surface area contributed by atoms with Crippen molar-refractivity contribution in [3.63, 3.8) is 0 Å². The predicted molar refractivity (Wildman–Crippen MR) is 89.8 cm³/mol. The molecule has 0 unspecified atom stereocenters. The Bertz CT molecular complexity index is 706. The molecule has 1 aromatic carbocycles. The summed E-state index contributed by atoms with van der Waals surface area (Å²) in [6.07, 6.45) is 0. The largest absolute Gasteiger partial charge is 0.478 e. The highest BCUT2D eigenvalue weighted by Crippen LogP contribution is 2.34. The van der Waals surface area contributed by atoms with Gasteiger partial charge in [-0.05, 0) is 30.0 Å². The van der Waals surface area contributed by atoms with Gasteiger partial charge in [-0.2, -0.15) is 0 Å². The number of aromatic carboxylic acids is 1. The lowest BCUT2D eigenvalue weighted by molar-refractivity contribution is 0.0698. The maximum atomic E-state index is 11.8. The van der Waals surface area contributed by atoms with Crippen molar-refractivity contribution in [3.05, 3.63) is 47.2 Å². The maximum Gasteiger partial charge on any atom is 0.340 e. The number of aromatic nitrogens is 1. The van der Waals surface area contributed by atoms with E-state index in [1.807, 2.05) is 51.4 Å². The second-order valence-electron chi connectivity index (χ2n) is 5.96. The van der Waals surface area contributed by atoms with Gasteiger partial charge in [0.05, 0.1) is 0 Å². The summed E-state index contributed by atoms with van der Waals surface area (Å²) in [5.41, 5.74) is 3.87. The zero-order chi connectivity index (χ0) is 16.4. The van der Waals surface area contributed by atoms with Gasteiger partial charge in [-0.1, -0.05) is 38.1 Å². The number of aryl methyl sites for hydroxylation is 1. The van der Waals surface area contributed by atoms with Crippen LogP contribution in [0.4, 0.5) is 5.82 Å². The number of carboxylic acids is 1. The maximum absolute atomic E-state index is 11.8. The van der Waals surface area contributed by atoms with E-state index in [9.17, 15) is 9.90 Å². The Hall–Kier alpha value is -2.36. The molecule has 1 N–H and O–H groups in total. The van der Waals surface area contributed by atoms with Gasteiger partial charge < -0.3 is 10.0 Å². The van der Waals surface area contributed by atoms with E-state index >= 15 is 0 Å². The monoisotopic (exact) mass is 298 g/mol. The molecule has 22 heavy (non-hydrogen) atoms. The first kappa shape index (κ1) is 16.0. The Morgan fingerprint density at radius 1 is 1.18 bits per heavy atom. The van der Waals surface area contributed by atoms with Gasteiger partial charge in [-0.25, -0.2) is 9.78 Å². The lowest BCUT2D eigenvalue weighted by Crippen LogP contribution is -2.18. The lowest BCUT2D eigenvalue weighted by atomic mass is 9.94. The molecule has 0 saturated heterocycles. The van der Waals surface area contributed by atoms with Crippen LogP contribution >= 0.6 is 0 Å². The molecule has 4 heteroatoms. The summed E-state index contributed by atoms with van der Waals surface area (Å²) in [6, 6.07) is 9.74. The molecule has 0 saturated carbocycles. The molecule has 0 atom stereocenters. The second-order valence-corrected chi connectivity index (χ2v) is 5.96. The Labute approximate surface area is 131 Å². The fraction of sp³-hybridized carbons (Fsp3) is 0.333. The predicted octanol–water partition coefficient (Wildman–Crippen LogP) is 3.94. The zero-order valence-corrected chi connectivity index (χ0v) is 13.7. The van der Waals surface area contributed by atoms with Crippen molar-refractivity contribution >= 4 is 11.8 Å². The Morgan fingerprint density at radius 3 is 2.32 bits per heavy atom. The Morgan fingerprint density at radius 2 is 1.82 bits per heavy atom. The average Bonchev–Trinajstić information content (AvgIpc) is 2.46. The number of nitrogens with zero attached hydrogens (tertiary/aromatic N) is 2. The van der Waals surface area contributed by atoms with Crippen LogP contribution in [-0.4, -0.2) is 30.2 Å². The third-order valence-electron chi connectivity index (χ3n) is 3.68. The number of rotatable bonds is 4. The number of carboxylic acid groups (broad SMARTS) is 1. The van der Waals surface area contributed by atoms with Gasteiger partial charge in [-0.3, -0.25) is 0 Å². The lowest BCUT2D eigenvalue weighted by Gasteiger charge is -2.20. The minimum atomic E-state index is -0.954. The van der Waals surface area contributed by atoms with Crippen LogP contribution in [0.3, 0.4) is 0 Å². The van der Waals surface area contributed by atoms with E-state index in [1.165, 1.54) is 0 Å². The Balaban J connectivity index is 2.86. The molecule has 4 nitrogen and oxygen atoms in total. The number of hydrogen-bond acceptors (Lipinski definition) is 3. The molecule has 2 aromatic rings. The van der Waals surface area contributed by atoms with Gasteiger partial charge in [-0.15, -0.1) is 0 Å². The summed E-state index contributed by atoms with van der Waals surface area (Å²) in [5, 5.41) is 9.71. The summed E-state index contributed by atoms with van der Waals surface area (Å²) in [6.45, 7) is 6.11. The van der Waals surface area contributed by atoms with Crippen molar-refractivity contribution in [2.24, 2.45) is 0 Å². The molecule has 0 spiro atoms. The van der Waals surface area contributed by atoms with E-state index in [4.69, 9.17) is 0 Å². The molecule has 0 aliphatic heterocycles. The van der Waals surface area contributed by atoms with E-state index < -0.39 is 5.97 Å². The molecule has 0 aliphatic rings. The highest BCUT2D eigenvalue weighted by Gasteiger charge is 2.22. The van der Waals surface area contributed by atoms with Crippen molar-refractivity contribution in [2.75, 3.05) is 19.0 Å². The van der Waals surface area contributed by atoms with Crippen LogP contribution in [-0.2, 0) is 0 Å². The van der Waals surface area contributed by atoms with Gasteiger partial charge in [0, 0.05) is 25.4 Å².